The topological polar surface area (TPSA) is 53.0 Å². The van der Waals surface area contributed by atoms with Crippen LogP contribution >= 0.6 is 0 Å². The molecule has 2 N–H and O–H groups in total. The second-order valence-corrected chi connectivity index (χ2v) is 7.84. The molecule has 0 aromatic heterocycles. The minimum absolute atomic E-state index is 0.0120. The molecule has 0 aromatic carbocycles. The minimum atomic E-state index is -0.437. The van der Waals surface area contributed by atoms with Gasteiger partial charge in [0, 0.05) is 0 Å². The van der Waals surface area contributed by atoms with Crippen LogP contribution in [0.15, 0.2) is 36.0 Å². The van der Waals surface area contributed by atoms with Crippen molar-refractivity contribution in [3.05, 3.63) is 36.0 Å². The zero-order valence-electron chi connectivity index (χ0n) is 14.8. The molecule has 3 heteroatoms. The van der Waals surface area contributed by atoms with Crippen molar-refractivity contribution < 1.29 is 14.9 Å². The maximum Gasteiger partial charge on any atom is 0.0954 e. The fourth-order valence-electron chi connectivity index (χ4n) is 3.32. The number of fused-ring (bicyclic) bond motifs is 1. The Morgan fingerprint density at radius 3 is 2.83 bits per heavy atom. The molecule has 23 heavy (non-hydrogen) atoms. The predicted molar refractivity (Wildman–Crippen MR) is 94.2 cm³/mol. The Kier molecular flexibility index (Phi) is 5.88. The van der Waals surface area contributed by atoms with Gasteiger partial charge in [0.05, 0.1) is 24.4 Å². The van der Waals surface area contributed by atoms with E-state index in [1.54, 1.807) is 0 Å². The van der Waals surface area contributed by atoms with Crippen molar-refractivity contribution in [1.29, 1.82) is 0 Å². The van der Waals surface area contributed by atoms with Crippen molar-refractivity contribution >= 4 is 0 Å². The van der Waals surface area contributed by atoms with Crippen LogP contribution in [0, 0.1) is 5.41 Å². The second kappa shape index (κ2) is 7.33. The van der Waals surface area contributed by atoms with Crippen LogP contribution in [-0.4, -0.2) is 34.6 Å². The molecule has 1 aliphatic heterocycles. The van der Waals surface area contributed by atoms with Gasteiger partial charge < -0.3 is 14.9 Å². The van der Waals surface area contributed by atoms with Gasteiger partial charge in [0.15, 0.2) is 0 Å². The van der Waals surface area contributed by atoms with Gasteiger partial charge in [0.1, 0.15) is 0 Å². The molecule has 0 aromatic rings. The van der Waals surface area contributed by atoms with E-state index < -0.39 is 6.10 Å². The molecule has 0 saturated carbocycles. The summed E-state index contributed by atoms with van der Waals surface area (Å²) in [5.41, 5.74) is 1.88. The van der Waals surface area contributed by atoms with Gasteiger partial charge in [-0.15, -0.1) is 0 Å². The van der Waals surface area contributed by atoms with Crippen LogP contribution < -0.4 is 0 Å². The Morgan fingerprint density at radius 1 is 1.43 bits per heavy atom. The summed E-state index contributed by atoms with van der Waals surface area (Å²) < 4.78 is 5.86. The molecule has 4 unspecified atom stereocenters. The highest BCUT2D eigenvalue weighted by Gasteiger charge is 2.50. The van der Waals surface area contributed by atoms with Crippen molar-refractivity contribution in [3.63, 3.8) is 0 Å². The fraction of sp³-hybridized carbons (Fsp3) is 0.700. The molecular weight excluding hydrogens is 288 g/mol. The van der Waals surface area contributed by atoms with Crippen LogP contribution in [0.4, 0.5) is 0 Å². The molecule has 1 saturated heterocycles. The molecule has 4 atom stereocenters. The number of aliphatic hydroxyl groups excluding tert-OH is 2. The molecule has 2 aliphatic rings. The quantitative estimate of drug-likeness (QED) is 0.596. The fourth-order valence-corrected chi connectivity index (χ4v) is 3.32. The molecule has 0 amide bonds. The first-order valence-electron chi connectivity index (χ1n) is 8.76. The summed E-state index contributed by atoms with van der Waals surface area (Å²) in [5.74, 6) is 0. The predicted octanol–water partition coefficient (Wildman–Crippen LogP) is 3.92. The third kappa shape index (κ3) is 5.03. The number of ether oxygens (including phenoxy) is 1. The molecule has 3 nitrogen and oxygen atoms in total. The average Bonchev–Trinajstić information content (AvgIpc) is 3.14. The van der Waals surface area contributed by atoms with Crippen molar-refractivity contribution in [2.75, 3.05) is 6.61 Å². The molecule has 1 fully saturated rings. The molecule has 0 radical (unpaired) electrons. The van der Waals surface area contributed by atoms with Gasteiger partial charge in [-0.2, -0.15) is 0 Å². The smallest absolute Gasteiger partial charge is 0.0954 e. The van der Waals surface area contributed by atoms with Crippen LogP contribution in [0.5, 0.6) is 0 Å². The molecule has 1 aliphatic carbocycles. The van der Waals surface area contributed by atoms with Crippen molar-refractivity contribution in [2.24, 2.45) is 5.41 Å². The lowest BCUT2D eigenvalue weighted by molar-refractivity contribution is 0.180. The van der Waals surface area contributed by atoms with Gasteiger partial charge >= 0.3 is 0 Å². The standard InChI is InChI=1S/C20H32O3/c1-15(2)17(22)9-13-19(3)10-5-11-20(4)18(23-20)7-6-16(14-21)8-12-19/h5,8,10,17-18,21-22H,1,6-7,9,11-14H2,2-4H3. The van der Waals surface area contributed by atoms with E-state index in [1.807, 2.05) is 6.92 Å². The van der Waals surface area contributed by atoms with E-state index in [0.717, 1.165) is 49.7 Å². The number of hydrogen-bond acceptors (Lipinski definition) is 3. The number of aliphatic hydroxyl groups is 2. The second-order valence-electron chi connectivity index (χ2n) is 7.84. The number of hydrogen-bond donors (Lipinski definition) is 2. The van der Waals surface area contributed by atoms with Gasteiger partial charge in [0.25, 0.3) is 0 Å². The van der Waals surface area contributed by atoms with E-state index in [1.165, 1.54) is 0 Å². The number of epoxide rings is 1. The summed E-state index contributed by atoms with van der Waals surface area (Å²) in [6.45, 7) is 10.2. The van der Waals surface area contributed by atoms with Crippen LogP contribution in [0.2, 0.25) is 0 Å². The normalized spacial score (nSPS) is 35.7. The Hall–Kier alpha value is -0.900. The first-order valence-corrected chi connectivity index (χ1v) is 8.76. The van der Waals surface area contributed by atoms with Crippen LogP contribution in [-0.2, 0) is 4.74 Å². The largest absolute Gasteiger partial charge is 0.392 e. The third-order valence-electron chi connectivity index (χ3n) is 5.42. The van der Waals surface area contributed by atoms with Crippen molar-refractivity contribution in [1.82, 2.24) is 0 Å². The first-order chi connectivity index (χ1) is 10.8. The minimum Gasteiger partial charge on any atom is -0.392 e. The summed E-state index contributed by atoms with van der Waals surface area (Å²) in [6.07, 6.45) is 11.9. The highest BCUT2D eigenvalue weighted by atomic mass is 16.6. The van der Waals surface area contributed by atoms with Gasteiger partial charge in [-0.05, 0) is 63.4 Å². The molecule has 0 spiro atoms. The van der Waals surface area contributed by atoms with E-state index in [4.69, 9.17) is 4.74 Å². The maximum atomic E-state index is 10.0. The lowest BCUT2D eigenvalue weighted by Gasteiger charge is -2.27. The summed E-state index contributed by atoms with van der Waals surface area (Å²) in [4.78, 5) is 0. The first kappa shape index (κ1) is 18.4. The Morgan fingerprint density at radius 2 is 2.17 bits per heavy atom. The Bertz CT molecular complexity index is 493. The lowest BCUT2D eigenvalue weighted by atomic mass is 9.79. The molecular formula is C20H32O3. The van der Waals surface area contributed by atoms with Gasteiger partial charge in [0.2, 0.25) is 0 Å². The van der Waals surface area contributed by atoms with Crippen molar-refractivity contribution in [2.45, 2.75) is 77.1 Å². The van der Waals surface area contributed by atoms with E-state index >= 15 is 0 Å². The van der Waals surface area contributed by atoms with Crippen LogP contribution in [0.3, 0.4) is 0 Å². The average molecular weight is 320 g/mol. The van der Waals surface area contributed by atoms with E-state index in [2.05, 4.69) is 38.7 Å². The van der Waals surface area contributed by atoms with Gasteiger partial charge in [-0.25, -0.2) is 0 Å². The highest BCUT2D eigenvalue weighted by molar-refractivity contribution is 5.14. The van der Waals surface area contributed by atoms with Gasteiger partial charge in [-0.3, -0.25) is 0 Å². The van der Waals surface area contributed by atoms with E-state index in [9.17, 15) is 10.2 Å². The highest BCUT2D eigenvalue weighted by Crippen LogP contribution is 2.44. The zero-order chi connectivity index (χ0) is 17.1. The van der Waals surface area contributed by atoms with Gasteiger partial charge in [-0.1, -0.05) is 37.3 Å². The SMILES string of the molecule is C=C(C)C(O)CCC1(C)C=CCC2(C)OC2CCC(CO)=CC1. The van der Waals surface area contributed by atoms with E-state index in [0.29, 0.717) is 6.10 Å². The molecule has 130 valence electrons. The molecule has 1 heterocycles. The van der Waals surface area contributed by atoms with Crippen LogP contribution in [0.1, 0.15) is 59.3 Å². The summed E-state index contributed by atoms with van der Waals surface area (Å²) in [7, 11) is 0. The lowest BCUT2D eigenvalue weighted by Crippen LogP contribution is -2.18. The van der Waals surface area contributed by atoms with Crippen molar-refractivity contribution in [3.8, 4) is 0 Å². The molecule has 2 rings (SSSR count). The maximum absolute atomic E-state index is 10.0. The Labute approximate surface area is 140 Å². The summed E-state index contributed by atoms with van der Waals surface area (Å²) in [5, 5.41) is 19.6. The Balaban J connectivity index is 2.10. The molecule has 0 bridgehead atoms. The zero-order valence-corrected chi connectivity index (χ0v) is 14.8. The number of rotatable bonds is 5. The number of allylic oxidation sites excluding steroid dienone is 2. The monoisotopic (exact) mass is 320 g/mol. The van der Waals surface area contributed by atoms with Crippen LogP contribution in [0.25, 0.3) is 0 Å². The summed E-state index contributed by atoms with van der Waals surface area (Å²) >= 11 is 0. The van der Waals surface area contributed by atoms with E-state index in [-0.39, 0.29) is 17.6 Å². The summed E-state index contributed by atoms with van der Waals surface area (Å²) in [6, 6.07) is 0. The third-order valence-corrected chi connectivity index (χ3v) is 5.42.